The number of nitrogens with zero attached hydrogens (tertiary/aromatic N) is 1. The number of methoxy groups -OCH3 is 1. The summed E-state index contributed by atoms with van der Waals surface area (Å²) >= 11 is 0. The molecule has 4 heteroatoms. The van der Waals surface area contributed by atoms with Crippen molar-refractivity contribution in [2.45, 2.75) is 13.0 Å². The zero-order chi connectivity index (χ0) is 10.2. The molecule has 1 rings (SSSR count). The molecule has 4 nitrogen and oxygen atoms in total. The van der Waals surface area contributed by atoms with Crippen LogP contribution in [0, 0.1) is 0 Å². The number of rotatable bonds is 6. The lowest BCUT2D eigenvalue weighted by molar-refractivity contribution is 0.197. The number of hydrogen-bond donors (Lipinski definition) is 2. The van der Waals surface area contributed by atoms with E-state index in [1.54, 1.807) is 13.3 Å². The first kappa shape index (κ1) is 10.9. The fourth-order valence-corrected chi connectivity index (χ4v) is 1.15. The van der Waals surface area contributed by atoms with E-state index in [4.69, 9.17) is 9.84 Å². The van der Waals surface area contributed by atoms with E-state index in [2.05, 4.69) is 10.3 Å². The van der Waals surface area contributed by atoms with Crippen LogP contribution in [0.4, 0.5) is 5.82 Å². The molecule has 0 aliphatic rings. The standard InChI is InChI=1S/C10H16N2O2/c1-14-7-3-6-12-10-9(8-13)4-2-5-11-10/h2,4-5,13H,3,6-8H2,1H3,(H,11,12). The van der Waals surface area contributed by atoms with Crippen molar-refractivity contribution >= 4 is 5.82 Å². The molecule has 0 aliphatic carbocycles. The van der Waals surface area contributed by atoms with Crippen molar-refractivity contribution in [3.8, 4) is 0 Å². The molecule has 0 unspecified atom stereocenters. The first-order chi connectivity index (χ1) is 6.88. The van der Waals surface area contributed by atoms with Crippen LogP contribution in [0.2, 0.25) is 0 Å². The maximum atomic E-state index is 9.02. The molecule has 1 aromatic heterocycles. The summed E-state index contributed by atoms with van der Waals surface area (Å²) in [5.74, 6) is 0.756. The summed E-state index contributed by atoms with van der Waals surface area (Å²) in [5, 5.41) is 12.2. The Morgan fingerprint density at radius 3 is 3.14 bits per heavy atom. The molecular weight excluding hydrogens is 180 g/mol. The topological polar surface area (TPSA) is 54.4 Å². The van der Waals surface area contributed by atoms with E-state index in [-0.39, 0.29) is 6.61 Å². The third-order valence-electron chi connectivity index (χ3n) is 1.88. The monoisotopic (exact) mass is 196 g/mol. The van der Waals surface area contributed by atoms with E-state index in [1.165, 1.54) is 0 Å². The van der Waals surface area contributed by atoms with Crippen molar-refractivity contribution in [2.24, 2.45) is 0 Å². The number of pyridine rings is 1. The molecule has 0 bridgehead atoms. The van der Waals surface area contributed by atoms with Gasteiger partial charge in [-0.05, 0) is 12.5 Å². The molecule has 78 valence electrons. The minimum absolute atomic E-state index is 0.0143. The third kappa shape index (κ3) is 3.32. The van der Waals surface area contributed by atoms with Gasteiger partial charge in [-0.2, -0.15) is 0 Å². The second-order valence-electron chi connectivity index (χ2n) is 2.94. The van der Waals surface area contributed by atoms with Gasteiger partial charge in [0.1, 0.15) is 5.82 Å². The van der Waals surface area contributed by atoms with Gasteiger partial charge in [0.05, 0.1) is 6.61 Å². The predicted molar refractivity (Wildman–Crippen MR) is 55.1 cm³/mol. The van der Waals surface area contributed by atoms with Crippen LogP contribution in [-0.2, 0) is 11.3 Å². The summed E-state index contributed by atoms with van der Waals surface area (Å²) in [4.78, 5) is 4.14. The molecule has 0 spiro atoms. The molecule has 0 saturated carbocycles. The third-order valence-corrected chi connectivity index (χ3v) is 1.88. The Hall–Kier alpha value is -1.13. The molecule has 0 aromatic carbocycles. The summed E-state index contributed by atoms with van der Waals surface area (Å²) in [6, 6.07) is 3.66. The molecule has 1 aromatic rings. The van der Waals surface area contributed by atoms with Crippen LogP contribution in [-0.4, -0.2) is 30.4 Å². The van der Waals surface area contributed by atoms with E-state index in [0.29, 0.717) is 0 Å². The Morgan fingerprint density at radius 1 is 1.57 bits per heavy atom. The van der Waals surface area contributed by atoms with Crippen molar-refractivity contribution in [1.82, 2.24) is 4.98 Å². The van der Waals surface area contributed by atoms with E-state index in [0.717, 1.165) is 31.0 Å². The van der Waals surface area contributed by atoms with Crippen molar-refractivity contribution in [3.63, 3.8) is 0 Å². The van der Waals surface area contributed by atoms with Crippen LogP contribution in [0.25, 0.3) is 0 Å². The highest BCUT2D eigenvalue weighted by Gasteiger charge is 1.99. The van der Waals surface area contributed by atoms with Crippen LogP contribution in [0.5, 0.6) is 0 Å². The molecule has 0 fully saturated rings. The zero-order valence-electron chi connectivity index (χ0n) is 8.36. The number of anilines is 1. The average Bonchev–Trinajstić information content (AvgIpc) is 2.25. The van der Waals surface area contributed by atoms with Gasteiger partial charge in [-0.3, -0.25) is 0 Å². The number of aliphatic hydroxyl groups is 1. The Labute approximate surface area is 83.9 Å². The summed E-state index contributed by atoms with van der Waals surface area (Å²) < 4.78 is 4.93. The largest absolute Gasteiger partial charge is 0.392 e. The maximum absolute atomic E-state index is 9.02. The van der Waals surface area contributed by atoms with Crippen molar-refractivity contribution in [1.29, 1.82) is 0 Å². The molecule has 0 amide bonds. The van der Waals surface area contributed by atoms with Gasteiger partial charge < -0.3 is 15.2 Å². The Bertz CT molecular complexity index is 266. The van der Waals surface area contributed by atoms with Gasteiger partial charge in [0, 0.05) is 32.0 Å². The molecule has 0 aliphatic heterocycles. The Balaban J connectivity index is 2.41. The lowest BCUT2D eigenvalue weighted by atomic mass is 10.2. The highest BCUT2D eigenvalue weighted by Crippen LogP contribution is 2.10. The van der Waals surface area contributed by atoms with Gasteiger partial charge in [0.15, 0.2) is 0 Å². The average molecular weight is 196 g/mol. The van der Waals surface area contributed by atoms with Gasteiger partial charge in [-0.1, -0.05) is 6.07 Å². The fraction of sp³-hybridized carbons (Fsp3) is 0.500. The Morgan fingerprint density at radius 2 is 2.43 bits per heavy atom. The van der Waals surface area contributed by atoms with Crippen LogP contribution < -0.4 is 5.32 Å². The number of ether oxygens (including phenoxy) is 1. The van der Waals surface area contributed by atoms with Crippen LogP contribution >= 0.6 is 0 Å². The van der Waals surface area contributed by atoms with Gasteiger partial charge in [0.2, 0.25) is 0 Å². The number of aliphatic hydroxyl groups excluding tert-OH is 1. The fourth-order valence-electron chi connectivity index (χ4n) is 1.15. The predicted octanol–water partition coefficient (Wildman–Crippen LogP) is 1.02. The minimum atomic E-state index is 0.0143. The minimum Gasteiger partial charge on any atom is -0.392 e. The molecule has 0 radical (unpaired) electrons. The van der Waals surface area contributed by atoms with Gasteiger partial charge in [0.25, 0.3) is 0 Å². The molecular formula is C10H16N2O2. The molecule has 1 heterocycles. The maximum Gasteiger partial charge on any atom is 0.131 e. The van der Waals surface area contributed by atoms with E-state index < -0.39 is 0 Å². The first-order valence-corrected chi connectivity index (χ1v) is 4.66. The van der Waals surface area contributed by atoms with Crippen molar-refractivity contribution in [3.05, 3.63) is 23.9 Å². The number of nitrogens with one attached hydrogen (secondary N) is 1. The highest BCUT2D eigenvalue weighted by molar-refractivity contribution is 5.42. The highest BCUT2D eigenvalue weighted by atomic mass is 16.5. The molecule has 2 N–H and O–H groups in total. The van der Waals surface area contributed by atoms with Gasteiger partial charge in [-0.15, -0.1) is 0 Å². The molecule has 14 heavy (non-hydrogen) atoms. The van der Waals surface area contributed by atoms with Crippen LogP contribution in [0.3, 0.4) is 0 Å². The summed E-state index contributed by atoms with van der Waals surface area (Å²) in [6.45, 7) is 1.55. The second-order valence-corrected chi connectivity index (χ2v) is 2.94. The SMILES string of the molecule is COCCCNc1ncccc1CO. The lowest BCUT2D eigenvalue weighted by Crippen LogP contribution is -2.08. The zero-order valence-corrected chi connectivity index (χ0v) is 8.36. The normalized spacial score (nSPS) is 10.1. The van der Waals surface area contributed by atoms with Gasteiger partial charge >= 0.3 is 0 Å². The van der Waals surface area contributed by atoms with E-state index >= 15 is 0 Å². The quantitative estimate of drug-likeness (QED) is 0.667. The lowest BCUT2D eigenvalue weighted by Gasteiger charge is -2.08. The smallest absolute Gasteiger partial charge is 0.131 e. The first-order valence-electron chi connectivity index (χ1n) is 4.66. The number of aromatic nitrogens is 1. The second kappa shape index (κ2) is 6.34. The van der Waals surface area contributed by atoms with Crippen molar-refractivity contribution in [2.75, 3.05) is 25.6 Å². The Kier molecular flexibility index (Phi) is 4.96. The molecule has 0 atom stereocenters. The summed E-state index contributed by atoms with van der Waals surface area (Å²) in [5.41, 5.74) is 0.824. The van der Waals surface area contributed by atoms with Crippen molar-refractivity contribution < 1.29 is 9.84 Å². The summed E-state index contributed by atoms with van der Waals surface area (Å²) in [7, 11) is 1.68. The van der Waals surface area contributed by atoms with E-state index in [1.807, 2.05) is 12.1 Å². The van der Waals surface area contributed by atoms with E-state index in [9.17, 15) is 0 Å². The summed E-state index contributed by atoms with van der Waals surface area (Å²) in [6.07, 6.45) is 2.63. The van der Waals surface area contributed by atoms with Crippen LogP contribution in [0.15, 0.2) is 18.3 Å². The number of hydrogen-bond acceptors (Lipinski definition) is 4. The molecule has 0 saturated heterocycles. The van der Waals surface area contributed by atoms with Gasteiger partial charge in [-0.25, -0.2) is 4.98 Å². The van der Waals surface area contributed by atoms with Crippen LogP contribution in [0.1, 0.15) is 12.0 Å².